The molecule has 3 heteroatoms. The molecule has 0 heterocycles. The maximum absolute atomic E-state index is 13.5. The predicted molar refractivity (Wildman–Crippen MR) is 72.0 cm³/mol. The third kappa shape index (κ3) is 5.33. The van der Waals surface area contributed by atoms with Crippen LogP contribution in [0.15, 0.2) is 30.4 Å². The zero-order valence-electron chi connectivity index (χ0n) is 10.2. The Bertz CT molecular complexity index is 363. The van der Waals surface area contributed by atoms with Gasteiger partial charge >= 0.3 is 0 Å². The Labute approximate surface area is 108 Å². The van der Waals surface area contributed by atoms with Crippen LogP contribution in [0.1, 0.15) is 25.3 Å². The van der Waals surface area contributed by atoms with Gasteiger partial charge in [-0.15, -0.1) is 0 Å². The molecule has 0 unspecified atom stereocenters. The Balaban J connectivity index is 2.30. The summed E-state index contributed by atoms with van der Waals surface area (Å²) in [6.45, 7) is 4.17. The van der Waals surface area contributed by atoms with Gasteiger partial charge in [-0.05, 0) is 44.0 Å². The highest BCUT2D eigenvalue weighted by atomic mass is 35.5. The molecule has 1 aromatic rings. The number of benzene rings is 1. The van der Waals surface area contributed by atoms with Crippen molar-refractivity contribution in [2.24, 2.45) is 0 Å². The van der Waals surface area contributed by atoms with E-state index in [1.807, 2.05) is 6.08 Å². The Morgan fingerprint density at radius 1 is 1.29 bits per heavy atom. The van der Waals surface area contributed by atoms with Gasteiger partial charge in [0.05, 0.1) is 5.02 Å². The number of hydrogen-bond donors (Lipinski definition) is 1. The van der Waals surface area contributed by atoms with Crippen molar-refractivity contribution in [3.63, 3.8) is 0 Å². The summed E-state index contributed by atoms with van der Waals surface area (Å²) in [6.07, 6.45) is 6.78. The van der Waals surface area contributed by atoms with Crippen LogP contribution in [0.2, 0.25) is 5.02 Å². The largest absolute Gasteiger partial charge is 0.316 e. The second-order valence-corrected chi connectivity index (χ2v) is 4.33. The van der Waals surface area contributed by atoms with E-state index in [0.29, 0.717) is 12.0 Å². The van der Waals surface area contributed by atoms with Gasteiger partial charge in [-0.25, -0.2) is 4.39 Å². The number of nitrogens with one attached hydrogen (secondary N) is 1. The quantitative estimate of drug-likeness (QED) is 0.574. The summed E-state index contributed by atoms with van der Waals surface area (Å²) in [4.78, 5) is 0. The van der Waals surface area contributed by atoms with E-state index in [2.05, 4.69) is 18.3 Å². The fraction of sp³-hybridized carbons (Fsp3) is 0.429. The Hall–Kier alpha value is -0.860. The van der Waals surface area contributed by atoms with Crippen LogP contribution in [0, 0.1) is 5.82 Å². The molecule has 17 heavy (non-hydrogen) atoms. The first-order valence-corrected chi connectivity index (χ1v) is 6.42. The third-order valence-corrected chi connectivity index (χ3v) is 2.74. The molecule has 0 bridgehead atoms. The minimum absolute atomic E-state index is 0.195. The van der Waals surface area contributed by atoms with E-state index in [0.717, 1.165) is 25.9 Å². The van der Waals surface area contributed by atoms with Crippen LogP contribution in [0.25, 0.3) is 0 Å². The highest BCUT2D eigenvalue weighted by Crippen LogP contribution is 2.18. The summed E-state index contributed by atoms with van der Waals surface area (Å²) in [5.41, 5.74) is 0.648. The van der Waals surface area contributed by atoms with E-state index in [9.17, 15) is 4.39 Å². The Morgan fingerprint density at radius 2 is 2.12 bits per heavy atom. The number of rotatable bonds is 7. The van der Waals surface area contributed by atoms with E-state index in [1.54, 1.807) is 18.2 Å². The summed E-state index contributed by atoms with van der Waals surface area (Å²) in [7, 11) is 0. The second kappa shape index (κ2) is 8.26. The van der Waals surface area contributed by atoms with Crippen LogP contribution in [-0.2, 0) is 6.42 Å². The van der Waals surface area contributed by atoms with Crippen molar-refractivity contribution in [3.8, 4) is 0 Å². The predicted octanol–water partition coefficient (Wildman–Crippen LogP) is 3.97. The third-order valence-electron chi connectivity index (χ3n) is 2.45. The van der Waals surface area contributed by atoms with Crippen LogP contribution in [0.3, 0.4) is 0 Å². The summed E-state index contributed by atoms with van der Waals surface area (Å²) >= 11 is 5.70. The first kappa shape index (κ1) is 14.2. The molecule has 0 aliphatic rings. The molecule has 0 radical (unpaired) electrons. The fourth-order valence-corrected chi connectivity index (χ4v) is 1.72. The van der Waals surface area contributed by atoms with Gasteiger partial charge in [0.1, 0.15) is 5.82 Å². The lowest BCUT2D eigenvalue weighted by Gasteiger charge is -2.01. The number of allylic oxidation sites excluding steroid dienone is 1. The lowest BCUT2D eigenvalue weighted by Crippen LogP contribution is -2.15. The Morgan fingerprint density at radius 3 is 2.88 bits per heavy atom. The molecule has 0 fully saturated rings. The van der Waals surface area contributed by atoms with Crippen molar-refractivity contribution in [2.45, 2.75) is 26.2 Å². The van der Waals surface area contributed by atoms with Crippen LogP contribution < -0.4 is 5.32 Å². The second-order valence-electron chi connectivity index (χ2n) is 3.93. The average molecular weight is 256 g/mol. The van der Waals surface area contributed by atoms with Crippen LogP contribution in [0.4, 0.5) is 4.39 Å². The lowest BCUT2D eigenvalue weighted by molar-refractivity contribution is 0.615. The summed E-state index contributed by atoms with van der Waals surface area (Å²) in [5, 5.41) is 3.50. The number of halogens is 2. The molecule has 1 nitrogen and oxygen atoms in total. The normalized spacial score (nSPS) is 11.2. The standard InChI is InChI=1S/C14H19ClFN/c1-2-10-17-11-5-3-4-7-12-8-6-9-13(15)14(12)16/h3-4,6,8-9,17H,2,5,7,10-11H2,1H3/b4-3+. The first-order valence-electron chi connectivity index (χ1n) is 6.04. The molecular weight excluding hydrogens is 237 g/mol. The molecule has 0 aliphatic carbocycles. The van der Waals surface area contributed by atoms with E-state index in [-0.39, 0.29) is 10.8 Å². The van der Waals surface area contributed by atoms with Gasteiger partial charge in [-0.1, -0.05) is 42.8 Å². The summed E-state index contributed by atoms with van der Waals surface area (Å²) < 4.78 is 13.5. The maximum Gasteiger partial charge on any atom is 0.145 e. The van der Waals surface area contributed by atoms with Crippen molar-refractivity contribution >= 4 is 11.6 Å². The van der Waals surface area contributed by atoms with Crippen molar-refractivity contribution in [1.82, 2.24) is 5.32 Å². The molecule has 0 aliphatic heterocycles. The highest BCUT2D eigenvalue weighted by molar-refractivity contribution is 6.30. The molecular formula is C14H19ClFN. The highest BCUT2D eigenvalue weighted by Gasteiger charge is 2.03. The van der Waals surface area contributed by atoms with Crippen molar-refractivity contribution < 1.29 is 4.39 Å². The van der Waals surface area contributed by atoms with Crippen LogP contribution >= 0.6 is 11.6 Å². The Kier molecular flexibility index (Phi) is 6.90. The first-order chi connectivity index (χ1) is 8.25. The molecule has 1 aromatic carbocycles. The minimum atomic E-state index is -0.303. The van der Waals surface area contributed by atoms with Gasteiger partial charge < -0.3 is 5.32 Å². The van der Waals surface area contributed by atoms with E-state index < -0.39 is 0 Å². The monoisotopic (exact) mass is 255 g/mol. The average Bonchev–Trinajstić information content (AvgIpc) is 2.33. The van der Waals surface area contributed by atoms with E-state index in [1.165, 1.54) is 0 Å². The molecule has 1 N–H and O–H groups in total. The summed E-state index contributed by atoms with van der Waals surface area (Å²) in [6, 6.07) is 5.11. The van der Waals surface area contributed by atoms with Crippen LogP contribution in [-0.4, -0.2) is 13.1 Å². The van der Waals surface area contributed by atoms with Crippen molar-refractivity contribution in [1.29, 1.82) is 0 Å². The topological polar surface area (TPSA) is 12.0 Å². The van der Waals surface area contributed by atoms with Gasteiger partial charge in [-0.3, -0.25) is 0 Å². The molecule has 0 saturated heterocycles. The summed E-state index contributed by atoms with van der Waals surface area (Å²) in [5.74, 6) is -0.303. The molecule has 0 amide bonds. The van der Waals surface area contributed by atoms with E-state index >= 15 is 0 Å². The van der Waals surface area contributed by atoms with Gasteiger partial charge in [0.25, 0.3) is 0 Å². The van der Waals surface area contributed by atoms with Gasteiger partial charge in [0.15, 0.2) is 0 Å². The molecule has 1 rings (SSSR count). The van der Waals surface area contributed by atoms with Gasteiger partial charge in [0, 0.05) is 0 Å². The molecule has 0 atom stereocenters. The zero-order chi connectivity index (χ0) is 12.5. The smallest absolute Gasteiger partial charge is 0.145 e. The number of hydrogen-bond acceptors (Lipinski definition) is 1. The van der Waals surface area contributed by atoms with Gasteiger partial charge in [-0.2, -0.15) is 0 Å². The van der Waals surface area contributed by atoms with Crippen molar-refractivity contribution in [3.05, 3.63) is 46.8 Å². The minimum Gasteiger partial charge on any atom is -0.316 e. The fourth-order valence-electron chi connectivity index (χ4n) is 1.52. The van der Waals surface area contributed by atoms with Crippen molar-refractivity contribution in [2.75, 3.05) is 13.1 Å². The molecule has 0 aromatic heterocycles. The van der Waals surface area contributed by atoms with E-state index in [4.69, 9.17) is 11.6 Å². The lowest BCUT2D eigenvalue weighted by atomic mass is 10.1. The van der Waals surface area contributed by atoms with Gasteiger partial charge in [0.2, 0.25) is 0 Å². The molecule has 0 saturated carbocycles. The molecule has 94 valence electrons. The zero-order valence-corrected chi connectivity index (χ0v) is 10.9. The SMILES string of the molecule is CCCNCC/C=C/Cc1cccc(Cl)c1F. The maximum atomic E-state index is 13.5. The van der Waals surface area contributed by atoms with Crippen LogP contribution in [0.5, 0.6) is 0 Å². The molecule has 0 spiro atoms.